The Balaban J connectivity index is 2.90. The van der Waals surface area contributed by atoms with Crippen LogP contribution in [0.2, 0.25) is 18.1 Å². The number of Topliss-reactive ketones (excluding diaryl/α,β-unsaturated/α-hetero) is 1. The number of methoxy groups -OCH3 is 1. The van der Waals surface area contributed by atoms with Crippen LogP contribution >= 0.6 is 0 Å². The fraction of sp³-hybridized carbons (Fsp3) is 0.682. The van der Waals surface area contributed by atoms with Crippen molar-refractivity contribution in [3.05, 3.63) is 24.3 Å². The van der Waals surface area contributed by atoms with Crippen LogP contribution < -0.4 is 9.47 Å². The van der Waals surface area contributed by atoms with Crippen LogP contribution in [0.5, 0.6) is 11.5 Å². The van der Waals surface area contributed by atoms with Gasteiger partial charge >= 0.3 is 0 Å². The smallest absolute Gasteiger partial charge is 0.192 e. The number of ether oxygens (including phenoxy) is 2. The molecule has 0 bridgehead atoms. The van der Waals surface area contributed by atoms with Crippen molar-refractivity contribution in [2.24, 2.45) is 0 Å². The molecule has 1 aromatic rings. The molecule has 0 N–H and O–H groups in total. The van der Waals surface area contributed by atoms with Gasteiger partial charge in [-0.2, -0.15) is 0 Å². The van der Waals surface area contributed by atoms with Gasteiger partial charge in [-0.15, -0.1) is 0 Å². The van der Waals surface area contributed by atoms with Crippen molar-refractivity contribution in [3.63, 3.8) is 0 Å². The molecule has 5 heteroatoms. The summed E-state index contributed by atoms with van der Waals surface area (Å²) in [7, 11) is -0.360. The lowest BCUT2D eigenvalue weighted by molar-refractivity contribution is -0.123. The molecular formula is C22H38O4Si. The van der Waals surface area contributed by atoms with E-state index in [0.717, 1.165) is 17.9 Å². The summed E-state index contributed by atoms with van der Waals surface area (Å²) in [6.07, 6.45) is 2.51. The van der Waals surface area contributed by atoms with Gasteiger partial charge in [-0.25, -0.2) is 0 Å². The predicted molar refractivity (Wildman–Crippen MR) is 114 cm³/mol. The average Bonchev–Trinajstić information content (AvgIpc) is 2.60. The maximum Gasteiger partial charge on any atom is 0.192 e. The summed E-state index contributed by atoms with van der Waals surface area (Å²) in [6, 6.07) is 7.57. The molecule has 0 saturated carbocycles. The third-order valence-electron chi connectivity index (χ3n) is 5.72. The second-order valence-corrected chi connectivity index (χ2v) is 13.5. The molecule has 4 nitrogen and oxygen atoms in total. The molecule has 0 aliphatic rings. The molecule has 154 valence electrons. The van der Waals surface area contributed by atoms with Crippen molar-refractivity contribution in [1.29, 1.82) is 0 Å². The monoisotopic (exact) mass is 394 g/mol. The first-order valence-electron chi connectivity index (χ1n) is 9.97. The highest BCUT2D eigenvalue weighted by Crippen LogP contribution is 2.42. The molecule has 0 aromatic heterocycles. The SMILES string of the molecule is CCC(=O)C[C@@](CC)(CCOc1ccc(OC)cc1)O[Si](C)(C)C(C)(C)C. The molecule has 0 aliphatic carbocycles. The molecule has 27 heavy (non-hydrogen) atoms. The van der Waals surface area contributed by atoms with Gasteiger partial charge in [0.05, 0.1) is 19.3 Å². The van der Waals surface area contributed by atoms with E-state index in [1.165, 1.54) is 0 Å². The first-order valence-corrected chi connectivity index (χ1v) is 12.9. The number of carbonyl (C=O) groups excluding carboxylic acids is 1. The van der Waals surface area contributed by atoms with Crippen LogP contribution in [0.1, 0.15) is 60.3 Å². The summed E-state index contributed by atoms with van der Waals surface area (Å²) in [5.41, 5.74) is -0.456. The maximum absolute atomic E-state index is 12.3. The second kappa shape index (κ2) is 9.74. The summed E-state index contributed by atoms with van der Waals surface area (Å²) < 4.78 is 17.9. The van der Waals surface area contributed by atoms with Gasteiger partial charge in [0.15, 0.2) is 8.32 Å². The molecule has 0 unspecified atom stereocenters. The Kier molecular flexibility index (Phi) is 8.55. The van der Waals surface area contributed by atoms with Crippen molar-refractivity contribution in [2.75, 3.05) is 13.7 Å². The molecule has 1 aromatic carbocycles. The summed E-state index contributed by atoms with van der Waals surface area (Å²) in [5.74, 6) is 1.86. The maximum atomic E-state index is 12.3. The van der Waals surface area contributed by atoms with E-state index in [0.29, 0.717) is 25.9 Å². The predicted octanol–water partition coefficient (Wildman–Crippen LogP) is 6.00. The van der Waals surface area contributed by atoms with Gasteiger partial charge in [0, 0.05) is 19.3 Å². The van der Waals surface area contributed by atoms with Crippen molar-refractivity contribution in [2.45, 2.75) is 84.0 Å². The van der Waals surface area contributed by atoms with E-state index in [-0.39, 0.29) is 10.8 Å². The fourth-order valence-electron chi connectivity index (χ4n) is 2.75. The summed E-state index contributed by atoms with van der Waals surface area (Å²) in [5, 5.41) is 0.0967. The van der Waals surface area contributed by atoms with Crippen LogP contribution in [0.15, 0.2) is 24.3 Å². The lowest BCUT2D eigenvalue weighted by atomic mass is 9.90. The molecule has 0 amide bonds. The lowest BCUT2D eigenvalue weighted by Crippen LogP contribution is -2.51. The van der Waals surface area contributed by atoms with Crippen molar-refractivity contribution >= 4 is 14.1 Å². The molecule has 0 aliphatic heterocycles. The van der Waals surface area contributed by atoms with E-state index in [2.05, 4.69) is 40.8 Å². The first kappa shape index (κ1) is 23.7. The number of carbonyl (C=O) groups is 1. The average molecular weight is 395 g/mol. The molecule has 0 radical (unpaired) electrons. The molecule has 0 saturated heterocycles. The molecule has 0 spiro atoms. The Morgan fingerprint density at radius 3 is 2.04 bits per heavy atom. The Morgan fingerprint density at radius 2 is 1.59 bits per heavy atom. The van der Waals surface area contributed by atoms with E-state index in [4.69, 9.17) is 13.9 Å². The highest BCUT2D eigenvalue weighted by molar-refractivity contribution is 6.74. The molecule has 1 atom stereocenters. The Morgan fingerprint density at radius 1 is 1.04 bits per heavy atom. The molecule has 1 rings (SSSR count). The zero-order chi connectivity index (χ0) is 20.7. The van der Waals surface area contributed by atoms with Gasteiger partial charge in [-0.1, -0.05) is 34.6 Å². The molecule has 0 fully saturated rings. The molecule has 0 heterocycles. The first-order chi connectivity index (χ1) is 12.5. The number of benzene rings is 1. The quantitative estimate of drug-likeness (QED) is 0.432. The van der Waals surface area contributed by atoms with Gasteiger partial charge in [0.1, 0.15) is 17.3 Å². The van der Waals surface area contributed by atoms with Gasteiger partial charge in [-0.05, 0) is 48.8 Å². The second-order valence-electron chi connectivity index (χ2n) is 8.74. The van der Waals surface area contributed by atoms with E-state index in [1.54, 1.807) is 7.11 Å². The lowest BCUT2D eigenvalue weighted by Gasteiger charge is -2.45. The largest absolute Gasteiger partial charge is 0.497 e. The van der Waals surface area contributed by atoms with Crippen molar-refractivity contribution < 1.29 is 18.7 Å². The third kappa shape index (κ3) is 6.96. The zero-order valence-corrected chi connectivity index (χ0v) is 19.5. The summed E-state index contributed by atoms with van der Waals surface area (Å²) in [6.45, 7) is 15.7. The van der Waals surface area contributed by atoms with Crippen LogP contribution in [-0.4, -0.2) is 33.4 Å². The van der Waals surface area contributed by atoms with Crippen LogP contribution in [0.25, 0.3) is 0 Å². The number of rotatable bonds is 11. The van der Waals surface area contributed by atoms with Crippen LogP contribution in [0.4, 0.5) is 0 Å². The zero-order valence-electron chi connectivity index (χ0n) is 18.5. The van der Waals surface area contributed by atoms with E-state index >= 15 is 0 Å². The number of hydrogen-bond acceptors (Lipinski definition) is 4. The van der Waals surface area contributed by atoms with E-state index in [1.807, 2.05) is 31.2 Å². The fourth-order valence-corrected chi connectivity index (χ4v) is 4.46. The van der Waals surface area contributed by atoms with Gasteiger partial charge in [0.2, 0.25) is 0 Å². The minimum atomic E-state index is -2.01. The third-order valence-corrected chi connectivity index (χ3v) is 10.3. The van der Waals surface area contributed by atoms with Crippen molar-refractivity contribution in [3.8, 4) is 11.5 Å². The minimum absolute atomic E-state index is 0.0967. The van der Waals surface area contributed by atoms with Gasteiger partial charge in [-0.3, -0.25) is 4.79 Å². The van der Waals surface area contributed by atoms with Gasteiger partial charge < -0.3 is 13.9 Å². The van der Waals surface area contributed by atoms with Crippen LogP contribution in [0.3, 0.4) is 0 Å². The highest BCUT2D eigenvalue weighted by atomic mass is 28.4. The van der Waals surface area contributed by atoms with Crippen LogP contribution in [-0.2, 0) is 9.22 Å². The van der Waals surface area contributed by atoms with Crippen molar-refractivity contribution in [1.82, 2.24) is 0 Å². The number of hydrogen-bond donors (Lipinski definition) is 0. The number of ketones is 1. The minimum Gasteiger partial charge on any atom is -0.497 e. The standard InChI is InChI=1S/C22H38O4Si/c1-9-18(23)17-22(10-2,26-27(7,8)21(3,4)5)15-16-25-20-13-11-19(24-6)12-14-20/h11-14H,9-10,15-17H2,1-8H3/t22-/m1/s1. The normalized spacial score (nSPS) is 14.5. The van der Waals surface area contributed by atoms with E-state index in [9.17, 15) is 4.79 Å². The Bertz CT molecular complexity index is 589. The van der Waals surface area contributed by atoms with E-state index < -0.39 is 13.9 Å². The summed E-state index contributed by atoms with van der Waals surface area (Å²) >= 11 is 0. The topological polar surface area (TPSA) is 44.8 Å². The molecular weight excluding hydrogens is 356 g/mol. The highest BCUT2D eigenvalue weighted by Gasteiger charge is 2.44. The Hall–Kier alpha value is -1.33. The van der Waals surface area contributed by atoms with Gasteiger partial charge in [0.25, 0.3) is 0 Å². The van der Waals surface area contributed by atoms with Crippen LogP contribution in [0, 0.1) is 0 Å². The summed E-state index contributed by atoms with van der Waals surface area (Å²) in [4.78, 5) is 12.3. The Labute approximate surface area is 166 Å².